The highest BCUT2D eigenvalue weighted by atomic mass is 32.1. The zero-order chi connectivity index (χ0) is 16.1. The summed E-state index contributed by atoms with van der Waals surface area (Å²) < 4.78 is 0. The number of benzene rings is 1. The van der Waals surface area contributed by atoms with E-state index < -0.39 is 12.0 Å². The maximum Gasteiger partial charge on any atom is 0.320 e. The number of carbonyl (C=O) groups is 1. The van der Waals surface area contributed by atoms with E-state index in [9.17, 15) is 4.79 Å². The number of thiazole rings is 1. The first-order valence-electron chi connectivity index (χ1n) is 7.49. The van der Waals surface area contributed by atoms with Crippen molar-refractivity contribution < 1.29 is 9.90 Å². The monoisotopic (exact) mass is 318 g/mol. The average Bonchev–Trinajstić information content (AvgIpc) is 2.95. The molecule has 0 fully saturated rings. The molecule has 2 N–H and O–H groups in total. The summed E-state index contributed by atoms with van der Waals surface area (Å²) in [5.41, 5.74) is 4.67. The van der Waals surface area contributed by atoms with E-state index in [-0.39, 0.29) is 0 Å². The van der Waals surface area contributed by atoms with Crippen molar-refractivity contribution in [3.63, 3.8) is 0 Å². The normalized spacial score (nSPS) is 12.3. The molecule has 118 valence electrons. The van der Waals surface area contributed by atoms with Gasteiger partial charge in [0, 0.05) is 23.9 Å². The van der Waals surface area contributed by atoms with Crippen molar-refractivity contribution in [2.45, 2.75) is 39.7 Å². The topological polar surface area (TPSA) is 62.2 Å². The van der Waals surface area contributed by atoms with Crippen LogP contribution in [0.5, 0.6) is 0 Å². The first-order valence-corrected chi connectivity index (χ1v) is 8.37. The Kier molecular flexibility index (Phi) is 5.69. The fourth-order valence-corrected chi connectivity index (χ4v) is 3.03. The van der Waals surface area contributed by atoms with E-state index in [4.69, 9.17) is 5.11 Å². The molecule has 0 spiro atoms. The van der Waals surface area contributed by atoms with E-state index in [1.54, 1.807) is 11.3 Å². The molecule has 1 aromatic heterocycles. The van der Waals surface area contributed by atoms with Crippen molar-refractivity contribution in [1.29, 1.82) is 0 Å². The molecule has 5 heteroatoms. The first kappa shape index (κ1) is 16.6. The number of aryl methyl sites for hydroxylation is 2. The van der Waals surface area contributed by atoms with E-state index in [1.165, 1.54) is 11.1 Å². The quantitative estimate of drug-likeness (QED) is 0.821. The Labute approximate surface area is 135 Å². The molecule has 1 heterocycles. The minimum Gasteiger partial charge on any atom is -0.480 e. The van der Waals surface area contributed by atoms with Gasteiger partial charge in [-0.2, -0.15) is 0 Å². The lowest BCUT2D eigenvalue weighted by molar-refractivity contribution is -0.139. The Morgan fingerprint density at radius 1 is 1.36 bits per heavy atom. The highest BCUT2D eigenvalue weighted by molar-refractivity contribution is 7.09. The van der Waals surface area contributed by atoms with Gasteiger partial charge in [-0.15, -0.1) is 11.3 Å². The van der Waals surface area contributed by atoms with Gasteiger partial charge in [0.05, 0.1) is 10.7 Å². The molecular formula is C17H22N2O2S. The fraction of sp³-hybridized carbons (Fsp3) is 0.412. The van der Waals surface area contributed by atoms with Crippen LogP contribution in [0.15, 0.2) is 23.6 Å². The highest BCUT2D eigenvalue weighted by Crippen LogP contribution is 2.24. The summed E-state index contributed by atoms with van der Waals surface area (Å²) in [7, 11) is 0. The van der Waals surface area contributed by atoms with Crippen molar-refractivity contribution in [2.24, 2.45) is 0 Å². The molecular weight excluding hydrogens is 296 g/mol. The molecule has 0 saturated carbocycles. The van der Waals surface area contributed by atoms with Crippen LogP contribution < -0.4 is 5.32 Å². The summed E-state index contributed by atoms with van der Waals surface area (Å²) in [6, 6.07) is 5.89. The summed E-state index contributed by atoms with van der Waals surface area (Å²) in [6.07, 6.45) is 1.33. The largest absolute Gasteiger partial charge is 0.480 e. The molecule has 1 atom stereocenters. The second-order valence-electron chi connectivity index (χ2n) is 5.43. The van der Waals surface area contributed by atoms with Crippen molar-refractivity contribution in [3.8, 4) is 11.3 Å². The summed E-state index contributed by atoms with van der Waals surface area (Å²) >= 11 is 1.62. The van der Waals surface area contributed by atoms with Gasteiger partial charge in [-0.3, -0.25) is 4.79 Å². The second-order valence-corrected chi connectivity index (χ2v) is 6.37. The van der Waals surface area contributed by atoms with Crippen molar-refractivity contribution in [3.05, 3.63) is 39.7 Å². The molecule has 0 bridgehead atoms. The van der Waals surface area contributed by atoms with Gasteiger partial charge >= 0.3 is 5.97 Å². The number of rotatable bonds is 7. The molecule has 1 aromatic carbocycles. The number of carboxylic acids is 1. The SMILES string of the molecule is CCC(NCCc1nc(-c2ccc(C)c(C)c2)cs1)C(=O)O. The lowest BCUT2D eigenvalue weighted by atomic mass is 10.1. The molecule has 2 aromatic rings. The van der Waals surface area contributed by atoms with Crippen molar-refractivity contribution in [1.82, 2.24) is 10.3 Å². The first-order chi connectivity index (χ1) is 10.5. The molecule has 2 rings (SSSR count). The van der Waals surface area contributed by atoms with Crippen molar-refractivity contribution in [2.75, 3.05) is 6.54 Å². The lowest BCUT2D eigenvalue weighted by Crippen LogP contribution is -2.37. The Hall–Kier alpha value is -1.72. The molecule has 0 aliphatic rings. The van der Waals surface area contributed by atoms with E-state index in [1.807, 2.05) is 6.92 Å². The lowest BCUT2D eigenvalue weighted by Gasteiger charge is -2.10. The summed E-state index contributed by atoms with van der Waals surface area (Å²) in [5.74, 6) is -0.794. The van der Waals surface area contributed by atoms with Crippen LogP contribution in [0.25, 0.3) is 11.3 Å². The molecule has 4 nitrogen and oxygen atoms in total. The van der Waals surface area contributed by atoms with Gasteiger partial charge in [0.1, 0.15) is 6.04 Å². The van der Waals surface area contributed by atoms with Gasteiger partial charge in [-0.1, -0.05) is 19.1 Å². The minimum atomic E-state index is -0.794. The van der Waals surface area contributed by atoms with Crippen molar-refractivity contribution >= 4 is 17.3 Å². The maximum atomic E-state index is 10.9. The standard InChI is InChI=1S/C17H22N2O2S/c1-4-14(17(20)21)18-8-7-16-19-15(10-22-16)13-6-5-11(2)12(3)9-13/h5-6,9-10,14,18H,4,7-8H2,1-3H3,(H,20,21). The number of hydrogen-bond acceptors (Lipinski definition) is 4. The molecule has 22 heavy (non-hydrogen) atoms. The molecule has 0 radical (unpaired) electrons. The van der Waals surface area contributed by atoms with Gasteiger partial charge in [-0.05, 0) is 37.5 Å². The second kappa shape index (κ2) is 7.51. The number of nitrogens with zero attached hydrogens (tertiary/aromatic N) is 1. The highest BCUT2D eigenvalue weighted by Gasteiger charge is 2.13. The van der Waals surface area contributed by atoms with Gasteiger partial charge in [0.15, 0.2) is 0 Å². The Morgan fingerprint density at radius 2 is 2.14 bits per heavy atom. The Balaban J connectivity index is 1.96. The smallest absolute Gasteiger partial charge is 0.320 e. The van der Waals surface area contributed by atoms with E-state index >= 15 is 0 Å². The molecule has 0 aliphatic heterocycles. The Bertz CT molecular complexity index is 652. The van der Waals surface area contributed by atoms with Crippen LogP contribution >= 0.6 is 11.3 Å². The van der Waals surface area contributed by atoms with Crippen LogP contribution in [0, 0.1) is 13.8 Å². The van der Waals surface area contributed by atoms with Gasteiger partial charge < -0.3 is 10.4 Å². The predicted octanol–water partition coefficient (Wildman–Crippen LogP) is 3.42. The van der Waals surface area contributed by atoms with Gasteiger partial charge in [0.25, 0.3) is 0 Å². The summed E-state index contributed by atoms with van der Waals surface area (Å²) in [5, 5.41) is 15.1. The zero-order valence-corrected chi connectivity index (χ0v) is 14.0. The third-order valence-corrected chi connectivity index (χ3v) is 4.70. The number of aliphatic carboxylic acids is 1. The fourth-order valence-electron chi connectivity index (χ4n) is 2.22. The van der Waals surface area contributed by atoms with E-state index in [2.05, 4.69) is 47.7 Å². The van der Waals surface area contributed by atoms with Crippen LogP contribution in [0.1, 0.15) is 29.5 Å². The minimum absolute atomic E-state index is 0.473. The van der Waals surface area contributed by atoms with Gasteiger partial charge in [-0.25, -0.2) is 4.98 Å². The van der Waals surface area contributed by atoms with Gasteiger partial charge in [0.2, 0.25) is 0 Å². The van der Waals surface area contributed by atoms with Crippen LogP contribution in [0.4, 0.5) is 0 Å². The Morgan fingerprint density at radius 3 is 2.77 bits per heavy atom. The number of hydrogen-bond donors (Lipinski definition) is 2. The van der Waals surface area contributed by atoms with Crippen LogP contribution in [-0.4, -0.2) is 28.6 Å². The number of carboxylic acid groups (broad SMARTS) is 1. The van der Waals surface area contributed by atoms with E-state index in [0.29, 0.717) is 13.0 Å². The molecule has 1 unspecified atom stereocenters. The van der Waals surface area contributed by atoms with Crippen LogP contribution in [0.3, 0.4) is 0 Å². The third kappa shape index (κ3) is 4.15. The predicted molar refractivity (Wildman–Crippen MR) is 90.4 cm³/mol. The average molecular weight is 318 g/mol. The molecule has 0 aliphatic carbocycles. The van der Waals surface area contributed by atoms with Crippen LogP contribution in [-0.2, 0) is 11.2 Å². The van der Waals surface area contributed by atoms with E-state index in [0.717, 1.165) is 22.7 Å². The summed E-state index contributed by atoms with van der Waals surface area (Å²) in [6.45, 7) is 6.70. The van der Waals surface area contributed by atoms with Crippen LogP contribution in [0.2, 0.25) is 0 Å². The summed E-state index contributed by atoms with van der Waals surface area (Å²) in [4.78, 5) is 15.6. The zero-order valence-electron chi connectivity index (χ0n) is 13.2. The number of nitrogens with one attached hydrogen (secondary N) is 1. The third-order valence-electron chi connectivity index (χ3n) is 3.79. The molecule has 0 saturated heterocycles. The maximum absolute atomic E-state index is 10.9. The number of aromatic nitrogens is 1. The molecule has 0 amide bonds.